The van der Waals surface area contributed by atoms with Crippen molar-refractivity contribution >= 4 is 11.4 Å². The van der Waals surface area contributed by atoms with Crippen molar-refractivity contribution in [1.82, 2.24) is 35.6 Å². The van der Waals surface area contributed by atoms with Crippen LogP contribution in [0.1, 0.15) is 0 Å². The van der Waals surface area contributed by atoms with E-state index in [-0.39, 0.29) is 17.2 Å². The van der Waals surface area contributed by atoms with Crippen molar-refractivity contribution < 1.29 is 9.85 Å². The first-order chi connectivity index (χ1) is 10.6. The van der Waals surface area contributed by atoms with Crippen LogP contribution in [0.4, 0.5) is 11.4 Å². The van der Waals surface area contributed by atoms with Crippen LogP contribution in [0.2, 0.25) is 0 Å². The predicted octanol–water partition coefficient (Wildman–Crippen LogP) is 0.264. The minimum absolute atomic E-state index is 0.0228. The van der Waals surface area contributed by atoms with Gasteiger partial charge in [-0.15, -0.1) is 20.1 Å². The molecule has 0 saturated heterocycles. The maximum atomic E-state index is 11.1. The van der Waals surface area contributed by atoms with Gasteiger partial charge in [0.15, 0.2) is 11.4 Å². The third-order valence-electron chi connectivity index (χ3n) is 2.65. The van der Waals surface area contributed by atoms with Crippen molar-refractivity contribution in [3.8, 4) is 17.2 Å². The Hall–Kier alpha value is -3.77. The van der Waals surface area contributed by atoms with Gasteiger partial charge in [-0.2, -0.15) is 10.3 Å². The number of nitro groups is 2. The van der Waals surface area contributed by atoms with Crippen LogP contribution in [-0.4, -0.2) is 45.5 Å². The van der Waals surface area contributed by atoms with Gasteiger partial charge in [-0.1, -0.05) is 0 Å². The maximum Gasteiger partial charge on any atom is 0.303 e. The van der Waals surface area contributed by atoms with E-state index in [1.54, 1.807) is 0 Å². The summed E-state index contributed by atoms with van der Waals surface area (Å²) in [5, 5.41) is 42.6. The van der Waals surface area contributed by atoms with Crippen molar-refractivity contribution in [1.29, 1.82) is 0 Å². The third-order valence-corrected chi connectivity index (χ3v) is 2.65. The lowest BCUT2D eigenvalue weighted by atomic mass is 10.2. The van der Waals surface area contributed by atoms with E-state index in [0.717, 1.165) is 16.9 Å². The molecule has 0 saturated carbocycles. The molecule has 22 heavy (non-hydrogen) atoms. The standard InChI is InChI=1S/C9H5N9O4/c19-17(20)5-1-2-7(8(3-5)18(21)22)16-10-4-6(13-16)9-11-14-15-12-9/h1-4H,(H,11,12,14,15). The van der Waals surface area contributed by atoms with Crippen LogP contribution in [0.25, 0.3) is 17.2 Å². The van der Waals surface area contributed by atoms with Crippen LogP contribution < -0.4 is 0 Å². The highest BCUT2D eigenvalue weighted by Gasteiger charge is 2.22. The second-order valence-corrected chi connectivity index (χ2v) is 3.94. The summed E-state index contributed by atoms with van der Waals surface area (Å²) in [7, 11) is 0. The van der Waals surface area contributed by atoms with Gasteiger partial charge in [0.05, 0.1) is 22.1 Å². The normalized spacial score (nSPS) is 10.5. The van der Waals surface area contributed by atoms with E-state index in [4.69, 9.17) is 0 Å². The number of H-pyrrole nitrogens is 1. The predicted molar refractivity (Wildman–Crippen MR) is 67.8 cm³/mol. The molecular formula is C9H5N9O4. The fraction of sp³-hybridized carbons (Fsp3) is 0. The van der Waals surface area contributed by atoms with E-state index in [1.807, 2.05) is 0 Å². The Morgan fingerprint density at radius 3 is 2.64 bits per heavy atom. The van der Waals surface area contributed by atoms with E-state index in [0.29, 0.717) is 0 Å². The highest BCUT2D eigenvalue weighted by molar-refractivity contribution is 5.57. The fourth-order valence-electron chi connectivity index (χ4n) is 1.69. The van der Waals surface area contributed by atoms with Gasteiger partial charge in [-0.05, 0) is 11.3 Å². The first-order valence-electron chi connectivity index (χ1n) is 5.65. The van der Waals surface area contributed by atoms with Crippen molar-refractivity contribution in [3.05, 3.63) is 44.6 Å². The average Bonchev–Trinajstić information content (AvgIpc) is 3.17. The Labute approximate surface area is 119 Å². The Kier molecular flexibility index (Phi) is 2.99. The van der Waals surface area contributed by atoms with Gasteiger partial charge in [0.25, 0.3) is 5.69 Å². The Morgan fingerprint density at radius 2 is 2.00 bits per heavy atom. The van der Waals surface area contributed by atoms with Crippen LogP contribution in [-0.2, 0) is 0 Å². The molecule has 0 aliphatic rings. The van der Waals surface area contributed by atoms with Crippen LogP contribution >= 0.6 is 0 Å². The lowest BCUT2D eigenvalue weighted by Gasteiger charge is -2.01. The molecule has 13 nitrogen and oxygen atoms in total. The first-order valence-corrected chi connectivity index (χ1v) is 5.65. The molecule has 3 aromatic rings. The summed E-state index contributed by atoms with van der Waals surface area (Å²) in [5.41, 5.74) is -0.683. The first kappa shape index (κ1) is 13.2. The van der Waals surface area contributed by atoms with Gasteiger partial charge in [-0.25, -0.2) is 0 Å². The minimum atomic E-state index is -0.750. The van der Waals surface area contributed by atoms with Crippen LogP contribution in [0.3, 0.4) is 0 Å². The van der Waals surface area contributed by atoms with Crippen LogP contribution in [0.15, 0.2) is 24.4 Å². The number of aromatic nitrogens is 7. The average molecular weight is 303 g/mol. The molecule has 0 spiro atoms. The zero-order valence-corrected chi connectivity index (χ0v) is 10.5. The number of nitrogens with zero attached hydrogens (tertiary/aromatic N) is 8. The third kappa shape index (κ3) is 2.21. The zero-order valence-electron chi connectivity index (χ0n) is 10.5. The second-order valence-electron chi connectivity index (χ2n) is 3.94. The summed E-state index contributed by atoms with van der Waals surface area (Å²) in [5.74, 6) is 0.163. The molecule has 0 atom stereocenters. The molecule has 110 valence electrons. The van der Waals surface area contributed by atoms with Crippen molar-refractivity contribution in [2.45, 2.75) is 0 Å². The molecular weight excluding hydrogens is 298 g/mol. The summed E-state index contributed by atoms with van der Waals surface area (Å²) < 4.78 is 0. The molecule has 0 aliphatic carbocycles. The molecule has 0 bridgehead atoms. The summed E-state index contributed by atoms with van der Waals surface area (Å²) in [4.78, 5) is 21.3. The summed E-state index contributed by atoms with van der Waals surface area (Å²) >= 11 is 0. The van der Waals surface area contributed by atoms with Gasteiger partial charge in [-0.3, -0.25) is 20.2 Å². The Balaban J connectivity index is 2.08. The molecule has 0 fully saturated rings. The molecule has 0 unspecified atom stereocenters. The lowest BCUT2D eigenvalue weighted by Crippen LogP contribution is -2.04. The van der Waals surface area contributed by atoms with Crippen LogP contribution in [0.5, 0.6) is 0 Å². The number of rotatable bonds is 4. The van der Waals surface area contributed by atoms with E-state index in [1.165, 1.54) is 12.3 Å². The van der Waals surface area contributed by atoms with E-state index >= 15 is 0 Å². The topological polar surface area (TPSA) is 171 Å². The highest BCUT2D eigenvalue weighted by Crippen LogP contribution is 2.27. The summed E-state index contributed by atoms with van der Waals surface area (Å²) in [6.45, 7) is 0. The van der Waals surface area contributed by atoms with E-state index in [9.17, 15) is 20.2 Å². The number of hydrogen-bond donors (Lipinski definition) is 1. The Morgan fingerprint density at radius 1 is 1.18 bits per heavy atom. The van der Waals surface area contributed by atoms with Gasteiger partial charge in [0.1, 0.15) is 0 Å². The van der Waals surface area contributed by atoms with Gasteiger partial charge in [0.2, 0.25) is 5.82 Å². The molecule has 0 radical (unpaired) electrons. The molecule has 3 rings (SSSR count). The Bertz CT molecular complexity index is 856. The summed E-state index contributed by atoms with van der Waals surface area (Å²) in [6.07, 6.45) is 1.29. The van der Waals surface area contributed by atoms with E-state index < -0.39 is 21.2 Å². The smallest absolute Gasteiger partial charge is 0.258 e. The molecule has 0 amide bonds. The van der Waals surface area contributed by atoms with Crippen molar-refractivity contribution in [3.63, 3.8) is 0 Å². The van der Waals surface area contributed by atoms with Gasteiger partial charge in [0, 0.05) is 6.07 Å². The molecule has 1 aromatic carbocycles. The number of non-ortho nitro benzene ring substituents is 1. The summed E-state index contributed by atoms with van der Waals surface area (Å²) in [6, 6.07) is 3.16. The van der Waals surface area contributed by atoms with Crippen molar-refractivity contribution in [2.24, 2.45) is 0 Å². The number of tetrazole rings is 1. The molecule has 1 N–H and O–H groups in total. The second kappa shape index (κ2) is 4.97. The minimum Gasteiger partial charge on any atom is -0.258 e. The number of hydrogen-bond acceptors (Lipinski definition) is 9. The number of nitrogens with one attached hydrogen (secondary N) is 1. The van der Waals surface area contributed by atoms with Gasteiger partial charge >= 0.3 is 5.69 Å². The SMILES string of the molecule is O=[N+]([O-])c1ccc(-n2ncc(-c3nn[nH]n3)n2)c([N+](=O)[O-])c1. The largest absolute Gasteiger partial charge is 0.303 e. The molecule has 0 aliphatic heterocycles. The van der Waals surface area contributed by atoms with Crippen LogP contribution in [0, 0.1) is 20.2 Å². The molecule has 2 heterocycles. The monoisotopic (exact) mass is 303 g/mol. The quantitative estimate of drug-likeness (QED) is 0.524. The molecule has 2 aromatic heterocycles. The number of benzene rings is 1. The number of nitro benzene ring substituents is 2. The van der Waals surface area contributed by atoms with Crippen molar-refractivity contribution in [2.75, 3.05) is 0 Å². The lowest BCUT2D eigenvalue weighted by molar-refractivity contribution is -0.394. The fourth-order valence-corrected chi connectivity index (χ4v) is 1.69. The number of aromatic amines is 1. The maximum absolute atomic E-state index is 11.1. The zero-order chi connectivity index (χ0) is 15.7. The highest BCUT2D eigenvalue weighted by atomic mass is 16.6. The molecule has 13 heteroatoms. The van der Waals surface area contributed by atoms with Gasteiger partial charge < -0.3 is 0 Å². The van der Waals surface area contributed by atoms with E-state index in [2.05, 4.69) is 30.8 Å².